The lowest BCUT2D eigenvalue weighted by Gasteiger charge is -2.17. The van der Waals surface area contributed by atoms with Gasteiger partial charge in [0, 0.05) is 24.1 Å². The first-order valence-corrected chi connectivity index (χ1v) is 8.78. The summed E-state index contributed by atoms with van der Waals surface area (Å²) in [5, 5.41) is 15.3. The van der Waals surface area contributed by atoms with Gasteiger partial charge in [-0.25, -0.2) is 0 Å². The Balaban J connectivity index is 1.67. The molecule has 0 bridgehead atoms. The van der Waals surface area contributed by atoms with E-state index in [-0.39, 0.29) is 5.91 Å². The third-order valence-corrected chi connectivity index (χ3v) is 4.48. The standard InChI is InChI=1S/C20H22N4O/c21-12-15-6-5-9-18(10-15)24-20(25)16-11-19(14-22-13-16)23-17-7-3-1-2-4-8-17/h5-6,9-11,13-14,17,23H,1-4,7-8H2,(H,24,25). The molecule has 1 aliphatic carbocycles. The van der Waals surface area contributed by atoms with Crippen molar-refractivity contribution in [2.45, 2.75) is 44.6 Å². The van der Waals surface area contributed by atoms with Gasteiger partial charge < -0.3 is 10.6 Å². The Labute approximate surface area is 148 Å². The molecule has 0 aliphatic heterocycles. The lowest BCUT2D eigenvalue weighted by molar-refractivity contribution is 0.102. The van der Waals surface area contributed by atoms with Crippen molar-refractivity contribution in [2.24, 2.45) is 0 Å². The smallest absolute Gasteiger partial charge is 0.257 e. The van der Waals surface area contributed by atoms with Crippen LogP contribution in [-0.4, -0.2) is 16.9 Å². The molecule has 3 rings (SSSR count). The number of aromatic nitrogens is 1. The van der Waals surface area contributed by atoms with Gasteiger partial charge >= 0.3 is 0 Å². The molecule has 0 radical (unpaired) electrons. The Bertz CT molecular complexity index is 773. The van der Waals surface area contributed by atoms with E-state index in [2.05, 4.69) is 21.7 Å². The minimum Gasteiger partial charge on any atom is -0.381 e. The van der Waals surface area contributed by atoms with Gasteiger partial charge in [-0.1, -0.05) is 31.7 Å². The number of hydrogen-bond donors (Lipinski definition) is 2. The SMILES string of the molecule is N#Cc1cccc(NC(=O)c2cncc(NC3CCCCCC3)c2)c1. The van der Waals surface area contributed by atoms with Gasteiger partial charge in [-0.05, 0) is 37.1 Å². The number of nitrogens with one attached hydrogen (secondary N) is 2. The maximum absolute atomic E-state index is 12.5. The molecule has 0 unspecified atom stereocenters. The predicted octanol–water partition coefficient (Wildman–Crippen LogP) is 4.34. The number of pyridine rings is 1. The third-order valence-electron chi connectivity index (χ3n) is 4.48. The molecule has 1 fully saturated rings. The molecule has 1 aliphatic rings. The molecule has 2 aromatic rings. The molecule has 5 nitrogen and oxygen atoms in total. The Kier molecular flexibility index (Phi) is 5.63. The van der Waals surface area contributed by atoms with E-state index in [9.17, 15) is 4.79 Å². The van der Waals surface area contributed by atoms with Crippen LogP contribution in [0.15, 0.2) is 42.7 Å². The van der Waals surface area contributed by atoms with Gasteiger partial charge in [-0.15, -0.1) is 0 Å². The van der Waals surface area contributed by atoms with Crippen LogP contribution in [0.2, 0.25) is 0 Å². The molecule has 1 amide bonds. The lowest BCUT2D eigenvalue weighted by Crippen LogP contribution is -2.19. The van der Waals surface area contributed by atoms with Crippen LogP contribution in [0.1, 0.15) is 54.4 Å². The molecule has 0 spiro atoms. The summed E-state index contributed by atoms with van der Waals surface area (Å²) < 4.78 is 0. The highest BCUT2D eigenvalue weighted by Crippen LogP contribution is 2.21. The zero-order chi connectivity index (χ0) is 17.5. The monoisotopic (exact) mass is 334 g/mol. The highest BCUT2D eigenvalue weighted by Gasteiger charge is 2.13. The molecular formula is C20H22N4O. The summed E-state index contributed by atoms with van der Waals surface area (Å²) in [6, 6.07) is 11.2. The van der Waals surface area contributed by atoms with Crippen molar-refractivity contribution < 1.29 is 4.79 Å². The van der Waals surface area contributed by atoms with Gasteiger partial charge in [0.25, 0.3) is 5.91 Å². The molecule has 2 N–H and O–H groups in total. The minimum absolute atomic E-state index is 0.230. The summed E-state index contributed by atoms with van der Waals surface area (Å²) >= 11 is 0. The normalized spacial score (nSPS) is 15.0. The number of carbonyl (C=O) groups is 1. The van der Waals surface area contributed by atoms with Crippen LogP contribution in [0.4, 0.5) is 11.4 Å². The van der Waals surface area contributed by atoms with Crippen LogP contribution in [-0.2, 0) is 0 Å². The number of benzene rings is 1. The van der Waals surface area contributed by atoms with Crippen molar-refractivity contribution in [3.05, 3.63) is 53.9 Å². The molecule has 1 saturated carbocycles. The predicted molar refractivity (Wildman–Crippen MR) is 98.5 cm³/mol. The summed E-state index contributed by atoms with van der Waals surface area (Å²) in [7, 11) is 0. The van der Waals surface area contributed by atoms with E-state index in [0.29, 0.717) is 22.9 Å². The maximum Gasteiger partial charge on any atom is 0.257 e. The van der Waals surface area contributed by atoms with Gasteiger partial charge in [0.1, 0.15) is 0 Å². The fraction of sp³-hybridized carbons (Fsp3) is 0.350. The van der Waals surface area contributed by atoms with Crippen LogP contribution in [0.5, 0.6) is 0 Å². The molecule has 5 heteroatoms. The highest BCUT2D eigenvalue weighted by atomic mass is 16.1. The number of nitrogens with zero attached hydrogens (tertiary/aromatic N) is 2. The first kappa shape index (κ1) is 17.0. The van der Waals surface area contributed by atoms with Gasteiger partial charge in [0.2, 0.25) is 0 Å². The second-order valence-electron chi connectivity index (χ2n) is 6.44. The van der Waals surface area contributed by atoms with Crippen LogP contribution in [0.25, 0.3) is 0 Å². The molecule has 1 heterocycles. The number of amides is 1. The number of rotatable bonds is 4. The van der Waals surface area contributed by atoms with Crippen LogP contribution in [0.3, 0.4) is 0 Å². The van der Waals surface area contributed by atoms with Gasteiger partial charge in [0.15, 0.2) is 0 Å². The van der Waals surface area contributed by atoms with E-state index in [4.69, 9.17) is 5.26 Å². The minimum atomic E-state index is -0.230. The molecular weight excluding hydrogens is 312 g/mol. The average Bonchev–Trinajstić information content (AvgIpc) is 2.91. The van der Waals surface area contributed by atoms with Crippen molar-refractivity contribution in [3.63, 3.8) is 0 Å². The van der Waals surface area contributed by atoms with E-state index in [1.54, 1.807) is 36.7 Å². The topological polar surface area (TPSA) is 77.8 Å². The Morgan fingerprint density at radius 1 is 1.08 bits per heavy atom. The summed E-state index contributed by atoms with van der Waals surface area (Å²) in [6.07, 6.45) is 10.8. The molecule has 1 aromatic carbocycles. The largest absolute Gasteiger partial charge is 0.381 e. The van der Waals surface area contributed by atoms with E-state index in [1.807, 2.05) is 6.07 Å². The highest BCUT2D eigenvalue weighted by molar-refractivity contribution is 6.04. The number of nitriles is 1. The summed E-state index contributed by atoms with van der Waals surface area (Å²) in [4.78, 5) is 16.6. The summed E-state index contributed by atoms with van der Waals surface area (Å²) in [5.41, 5.74) is 2.50. The Morgan fingerprint density at radius 3 is 2.64 bits per heavy atom. The lowest BCUT2D eigenvalue weighted by atomic mass is 10.1. The maximum atomic E-state index is 12.5. The van der Waals surface area contributed by atoms with E-state index < -0.39 is 0 Å². The first-order chi connectivity index (χ1) is 12.2. The van der Waals surface area contributed by atoms with Crippen LogP contribution >= 0.6 is 0 Å². The molecule has 128 valence electrons. The van der Waals surface area contributed by atoms with Gasteiger partial charge in [0.05, 0.1) is 22.9 Å². The number of carbonyl (C=O) groups excluding carboxylic acids is 1. The zero-order valence-electron chi connectivity index (χ0n) is 14.2. The number of hydrogen-bond acceptors (Lipinski definition) is 4. The molecule has 0 atom stereocenters. The fourth-order valence-corrected chi connectivity index (χ4v) is 3.17. The second-order valence-corrected chi connectivity index (χ2v) is 6.44. The van der Waals surface area contributed by atoms with Crippen LogP contribution in [0, 0.1) is 11.3 Å². The van der Waals surface area contributed by atoms with Crippen molar-refractivity contribution in [1.29, 1.82) is 5.26 Å². The van der Waals surface area contributed by atoms with Crippen LogP contribution < -0.4 is 10.6 Å². The third kappa shape index (κ3) is 4.80. The Morgan fingerprint density at radius 2 is 1.88 bits per heavy atom. The first-order valence-electron chi connectivity index (χ1n) is 8.78. The van der Waals surface area contributed by atoms with Crippen molar-refractivity contribution in [1.82, 2.24) is 4.98 Å². The van der Waals surface area contributed by atoms with Crippen molar-refractivity contribution in [2.75, 3.05) is 10.6 Å². The van der Waals surface area contributed by atoms with Gasteiger partial charge in [-0.3, -0.25) is 9.78 Å². The Hall–Kier alpha value is -2.87. The summed E-state index contributed by atoms with van der Waals surface area (Å²) in [5.74, 6) is -0.230. The quantitative estimate of drug-likeness (QED) is 0.815. The van der Waals surface area contributed by atoms with E-state index in [0.717, 1.165) is 18.5 Å². The molecule has 1 aromatic heterocycles. The molecule has 25 heavy (non-hydrogen) atoms. The molecule has 0 saturated heterocycles. The van der Waals surface area contributed by atoms with E-state index >= 15 is 0 Å². The average molecular weight is 334 g/mol. The summed E-state index contributed by atoms with van der Waals surface area (Å²) in [6.45, 7) is 0. The second kappa shape index (κ2) is 8.29. The van der Waals surface area contributed by atoms with Crippen molar-refractivity contribution >= 4 is 17.3 Å². The van der Waals surface area contributed by atoms with Crippen molar-refractivity contribution in [3.8, 4) is 6.07 Å². The van der Waals surface area contributed by atoms with Gasteiger partial charge in [-0.2, -0.15) is 5.26 Å². The fourth-order valence-electron chi connectivity index (χ4n) is 3.17. The zero-order valence-corrected chi connectivity index (χ0v) is 14.2. The number of anilines is 2. The van der Waals surface area contributed by atoms with E-state index in [1.165, 1.54) is 25.7 Å².